The van der Waals surface area contributed by atoms with Gasteiger partial charge in [0.15, 0.2) is 0 Å². The summed E-state index contributed by atoms with van der Waals surface area (Å²) in [5.41, 5.74) is 0. The summed E-state index contributed by atoms with van der Waals surface area (Å²) in [6.45, 7) is 2.60. The topological polar surface area (TPSA) is 18.5 Å². The van der Waals surface area contributed by atoms with Gasteiger partial charge in [0.1, 0.15) is 0 Å². The quantitative estimate of drug-likeness (QED) is 0.806. The fraction of sp³-hybridized carbons (Fsp3) is 1.00. The van der Waals surface area contributed by atoms with Crippen molar-refractivity contribution in [1.29, 1.82) is 0 Å². The lowest BCUT2D eigenvalue weighted by Crippen LogP contribution is -2.60. The first kappa shape index (κ1) is 12.9. The lowest BCUT2D eigenvalue weighted by atomic mass is 9.79. The molecule has 0 aromatic heterocycles. The highest BCUT2D eigenvalue weighted by Crippen LogP contribution is 2.37. The molecule has 18 heavy (non-hydrogen) atoms. The molecule has 3 fully saturated rings. The molecule has 3 aliphatic rings. The van der Waals surface area contributed by atoms with E-state index >= 15 is 0 Å². The van der Waals surface area contributed by atoms with E-state index in [0.29, 0.717) is 0 Å². The summed E-state index contributed by atoms with van der Waals surface area (Å²) in [5, 5.41) is 3.53. The van der Waals surface area contributed by atoms with Crippen LogP contribution in [0, 0.1) is 0 Å². The van der Waals surface area contributed by atoms with E-state index in [1.807, 2.05) is 0 Å². The van der Waals surface area contributed by atoms with E-state index < -0.39 is 0 Å². The molecule has 0 spiro atoms. The van der Waals surface area contributed by atoms with Gasteiger partial charge < -0.3 is 10.2 Å². The zero-order chi connectivity index (χ0) is 12.5. The maximum atomic E-state index is 3.53. The van der Waals surface area contributed by atoms with Crippen molar-refractivity contribution >= 4 is 0 Å². The Bertz CT molecular complexity index is 256. The summed E-state index contributed by atoms with van der Waals surface area (Å²) in [4.78, 5) is 5.44. The van der Waals surface area contributed by atoms with Crippen LogP contribution in [-0.2, 0) is 0 Å². The van der Waals surface area contributed by atoms with Crippen LogP contribution in [0.5, 0.6) is 0 Å². The predicted octanol–water partition coefficient (Wildman–Crippen LogP) is 1.69. The Labute approximate surface area is 112 Å². The molecule has 3 saturated heterocycles. The molecule has 3 heteroatoms. The van der Waals surface area contributed by atoms with Gasteiger partial charge in [-0.25, -0.2) is 0 Å². The molecule has 3 nitrogen and oxygen atoms in total. The molecule has 0 saturated carbocycles. The van der Waals surface area contributed by atoms with Gasteiger partial charge in [0.05, 0.1) is 0 Å². The summed E-state index contributed by atoms with van der Waals surface area (Å²) < 4.78 is 0. The van der Waals surface area contributed by atoms with Gasteiger partial charge in [-0.2, -0.15) is 0 Å². The minimum atomic E-state index is 0.780. The van der Waals surface area contributed by atoms with E-state index in [1.54, 1.807) is 0 Å². The van der Waals surface area contributed by atoms with E-state index in [1.165, 1.54) is 58.0 Å². The smallest absolute Gasteiger partial charge is 0.0125 e. The Morgan fingerprint density at radius 3 is 2.06 bits per heavy atom. The minimum Gasteiger partial charge on any atom is -0.317 e. The number of hydrogen-bond donors (Lipinski definition) is 1. The number of fused-ring (bicyclic) bond motifs is 2. The number of hydrogen-bond acceptors (Lipinski definition) is 3. The maximum Gasteiger partial charge on any atom is 0.0125 e. The molecule has 0 aromatic rings. The van der Waals surface area contributed by atoms with Gasteiger partial charge >= 0.3 is 0 Å². The van der Waals surface area contributed by atoms with Crippen LogP contribution in [0.15, 0.2) is 0 Å². The molecule has 3 rings (SSSR count). The van der Waals surface area contributed by atoms with E-state index in [0.717, 1.165) is 24.2 Å². The predicted molar refractivity (Wildman–Crippen MR) is 75.9 cm³/mol. The van der Waals surface area contributed by atoms with Crippen molar-refractivity contribution in [3.63, 3.8) is 0 Å². The van der Waals surface area contributed by atoms with Crippen molar-refractivity contribution in [3.05, 3.63) is 0 Å². The molecule has 0 aliphatic carbocycles. The van der Waals surface area contributed by atoms with Crippen LogP contribution in [0.4, 0.5) is 0 Å². The van der Waals surface area contributed by atoms with E-state index in [9.17, 15) is 0 Å². The summed E-state index contributed by atoms with van der Waals surface area (Å²) in [5.74, 6) is 0. The molecule has 2 atom stereocenters. The molecule has 3 heterocycles. The fourth-order valence-corrected chi connectivity index (χ4v) is 4.54. The van der Waals surface area contributed by atoms with Crippen LogP contribution < -0.4 is 5.32 Å². The van der Waals surface area contributed by atoms with Crippen molar-refractivity contribution < 1.29 is 0 Å². The third-order valence-corrected chi connectivity index (χ3v) is 5.55. The Morgan fingerprint density at radius 1 is 0.889 bits per heavy atom. The van der Waals surface area contributed by atoms with Crippen molar-refractivity contribution in [2.24, 2.45) is 0 Å². The molecule has 104 valence electrons. The third kappa shape index (κ3) is 2.45. The van der Waals surface area contributed by atoms with Crippen LogP contribution in [0.1, 0.15) is 44.9 Å². The van der Waals surface area contributed by atoms with Gasteiger partial charge in [-0.05, 0) is 65.7 Å². The molecular weight excluding hydrogens is 222 g/mol. The van der Waals surface area contributed by atoms with Crippen molar-refractivity contribution in [2.45, 2.75) is 69.1 Å². The van der Waals surface area contributed by atoms with Crippen molar-refractivity contribution in [2.75, 3.05) is 27.2 Å². The summed E-state index contributed by atoms with van der Waals surface area (Å²) in [6.07, 6.45) is 9.93. The molecule has 0 amide bonds. The molecule has 0 radical (unpaired) electrons. The van der Waals surface area contributed by atoms with Crippen LogP contribution in [0.2, 0.25) is 0 Å². The number of nitrogens with one attached hydrogen (secondary N) is 1. The van der Waals surface area contributed by atoms with Crippen LogP contribution in [-0.4, -0.2) is 61.2 Å². The second-order valence-electron chi connectivity index (χ2n) is 6.68. The molecule has 1 N–H and O–H groups in total. The average Bonchev–Trinajstić information content (AvgIpc) is 2.38. The Kier molecular flexibility index (Phi) is 3.92. The summed E-state index contributed by atoms with van der Waals surface area (Å²) >= 11 is 0. The number of piperidine rings is 3. The van der Waals surface area contributed by atoms with E-state index in [2.05, 4.69) is 29.2 Å². The molecule has 3 aliphatic heterocycles. The first-order valence-corrected chi connectivity index (χ1v) is 7.91. The molecular formula is C15H29N3. The maximum absolute atomic E-state index is 3.53. The summed E-state index contributed by atoms with van der Waals surface area (Å²) in [7, 11) is 4.41. The highest BCUT2D eigenvalue weighted by atomic mass is 15.3. The zero-order valence-electron chi connectivity index (χ0n) is 12.1. The van der Waals surface area contributed by atoms with Crippen molar-refractivity contribution in [1.82, 2.24) is 15.1 Å². The highest BCUT2D eigenvalue weighted by molar-refractivity contribution is 4.98. The largest absolute Gasteiger partial charge is 0.317 e. The molecule has 0 aromatic carbocycles. The third-order valence-electron chi connectivity index (χ3n) is 5.55. The van der Waals surface area contributed by atoms with Crippen LogP contribution in [0.25, 0.3) is 0 Å². The number of rotatable bonds is 2. The number of nitrogens with zero attached hydrogens (tertiary/aromatic N) is 2. The summed E-state index contributed by atoms with van der Waals surface area (Å²) in [6, 6.07) is 3.42. The number of likely N-dealkylation sites (tertiary alicyclic amines) is 1. The fourth-order valence-electron chi connectivity index (χ4n) is 4.54. The van der Waals surface area contributed by atoms with Crippen LogP contribution in [0.3, 0.4) is 0 Å². The van der Waals surface area contributed by atoms with Gasteiger partial charge in [0, 0.05) is 24.2 Å². The highest BCUT2D eigenvalue weighted by Gasteiger charge is 2.41. The minimum absolute atomic E-state index is 0.780. The lowest BCUT2D eigenvalue weighted by molar-refractivity contribution is -0.0277. The molecule has 2 unspecified atom stereocenters. The first-order valence-electron chi connectivity index (χ1n) is 7.91. The van der Waals surface area contributed by atoms with E-state index in [4.69, 9.17) is 0 Å². The normalized spacial score (nSPS) is 40.0. The van der Waals surface area contributed by atoms with Gasteiger partial charge in [0.2, 0.25) is 0 Å². The Morgan fingerprint density at radius 2 is 1.50 bits per heavy atom. The standard InChI is InChI=1S/C15H29N3/c1-16-12-10-14-4-3-5-15(11-12)18(14)13-6-8-17(2)9-7-13/h12-16H,3-11H2,1-2H3. The Hall–Kier alpha value is -0.120. The van der Waals surface area contributed by atoms with Gasteiger partial charge in [-0.1, -0.05) is 6.42 Å². The first-order chi connectivity index (χ1) is 8.78. The van der Waals surface area contributed by atoms with Gasteiger partial charge in [-0.3, -0.25) is 4.90 Å². The lowest BCUT2D eigenvalue weighted by Gasteiger charge is -2.53. The monoisotopic (exact) mass is 251 g/mol. The second-order valence-corrected chi connectivity index (χ2v) is 6.68. The zero-order valence-corrected chi connectivity index (χ0v) is 12.1. The Balaban J connectivity index is 1.68. The SMILES string of the molecule is CNC1CC2CCCC(C1)N2C1CCN(C)CC1. The van der Waals surface area contributed by atoms with E-state index in [-0.39, 0.29) is 0 Å². The van der Waals surface area contributed by atoms with Crippen LogP contribution >= 0.6 is 0 Å². The second kappa shape index (κ2) is 5.48. The van der Waals surface area contributed by atoms with Gasteiger partial charge in [0.25, 0.3) is 0 Å². The van der Waals surface area contributed by atoms with Gasteiger partial charge in [-0.15, -0.1) is 0 Å². The van der Waals surface area contributed by atoms with Crippen molar-refractivity contribution in [3.8, 4) is 0 Å². The molecule has 2 bridgehead atoms. The average molecular weight is 251 g/mol.